The lowest BCUT2D eigenvalue weighted by Crippen LogP contribution is -2.22. The Morgan fingerprint density at radius 3 is 2.00 bits per heavy atom. The second kappa shape index (κ2) is 7.20. The van der Waals surface area contributed by atoms with Gasteiger partial charge in [-0.15, -0.1) is 0 Å². The van der Waals surface area contributed by atoms with Crippen LogP contribution in [0.5, 0.6) is 17.2 Å². The summed E-state index contributed by atoms with van der Waals surface area (Å²) in [6, 6.07) is 5.23. The molecule has 0 aromatic heterocycles. The first-order valence-corrected chi connectivity index (χ1v) is 6.11. The fourth-order valence-electron chi connectivity index (χ4n) is 1.73. The Balaban J connectivity index is 3.37. The lowest BCUT2D eigenvalue weighted by molar-refractivity contribution is -0.124. The molecular formula is C15H18N2O4. The molecule has 0 atom stereocenters. The molecule has 6 heteroatoms. The minimum absolute atomic E-state index is 0.0225. The predicted molar refractivity (Wildman–Crippen MR) is 78.4 cm³/mol. The molecule has 112 valence electrons. The average molecular weight is 290 g/mol. The summed E-state index contributed by atoms with van der Waals surface area (Å²) in [4.78, 5) is 13.2. The van der Waals surface area contributed by atoms with Crippen molar-refractivity contribution in [3.63, 3.8) is 0 Å². The van der Waals surface area contributed by atoms with Crippen LogP contribution in [0.15, 0.2) is 17.7 Å². The highest BCUT2D eigenvalue weighted by molar-refractivity contribution is 6.01. The van der Waals surface area contributed by atoms with Gasteiger partial charge in [0.1, 0.15) is 11.6 Å². The fraction of sp³-hybridized carbons (Fsp3) is 0.333. The third kappa shape index (κ3) is 3.66. The minimum Gasteiger partial charge on any atom is -0.493 e. The van der Waals surface area contributed by atoms with E-state index in [4.69, 9.17) is 19.5 Å². The van der Waals surface area contributed by atoms with Crippen LogP contribution < -0.4 is 14.2 Å². The number of carbonyl (C=O) groups excluding carboxylic acids is 1. The van der Waals surface area contributed by atoms with Gasteiger partial charge in [-0.2, -0.15) is 5.26 Å². The van der Waals surface area contributed by atoms with Crippen molar-refractivity contribution in [3.05, 3.63) is 23.3 Å². The second-order valence-corrected chi connectivity index (χ2v) is 4.33. The number of carbonyl (C=O) groups is 1. The van der Waals surface area contributed by atoms with Crippen LogP contribution in [-0.2, 0) is 4.79 Å². The standard InChI is InChI=1S/C15H18N2O4/c1-17(2)15(18)11(9-16)6-10-7-12(19-3)14(21-5)13(8-10)20-4/h6-8H,1-5H3/b11-6-. The average Bonchev–Trinajstić information content (AvgIpc) is 2.50. The van der Waals surface area contributed by atoms with Crippen LogP contribution in [0.4, 0.5) is 0 Å². The Labute approximate surface area is 124 Å². The van der Waals surface area contributed by atoms with Gasteiger partial charge >= 0.3 is 0 Å². The number of nitrogens with zero attached hydrogens (tertiary/aromatic N) is 2. The van der Waals surface area contributed by atoms with E-state index in [1.807, 2.05) is 6.07 Å². The SMILES string of the molecule is COc1cc(/C=C(/C#N)C(=O)N(C)C)cc(OC)c1OC. The molecule has 6 nitrogen and oxygen atoms in total. The molecule has 0 saturated carbocycles. The van der Waals surface area contributed by atoms with E-state index < -0.39 is 0 Å². The number of ether oxygens (including phenoxy) is 3. The molecule has 1 rings (SSSR count). The third-order valence-corrected chi connectivity index (χ3v) is 2.76. The summed E-state index contributed by atoms with van der Waals surface area (Å²) >= 11 is 0. The summed E-state index contributed by atoms with van der Waals surface area (Å²) in [5, 5.41) is 9.11. The van der Waals surface area contributed by atoms with Crippen molar-refractivity contribution in [2.24, 2.45) is 0 Å². The molecule has 1 amide bonds. The fourth-order valence-corrected chi connectivity index (χ4v) is 1.73. The summed E-state index contributed by atoms with van der Waals surface area (Å²) in [6.07, 6.45) is 1.48. The Hall–Kier alpha value is -2.68. The van der Waals surface area contributed by atoms with Crippen LogP contribution in [0.3, 0.4) is 0 Å². The molecule has 0 radical (unpaired) electrons. The van der Waals surface area contributed by atoms with Crippen LogP contribution in [0, 0.1) is 11.3 Å². The van der Waals surface area contributed by atoms with E-state index in [-0.39, 0.29) is 11.5 Å². The molecule has 0 spiro atoms. The first-order valence-electron chi connectivity index (χ1n) is 6.11. The Bertz CT molecular complexity index is 575. The Kier molecular flexibility index (Phi) is 5.61. The third-order valence-electron chi connectivity index (χ3n) is 2.76. The zero-order valence-electron chi connectivity index (χ0n) is 12.8. The van der Waals surface area contributed by atoms with Crippen LogP contribution in [0.25, 0.3) is 6.08 Å². The number of likely N-dealkylation sites (N-methyl/N-ethyl adjacent to an activating group) is 1. The van der Waals surface area contributed by atoms with Gasteiger partial charge in [-0.05, 0) is 23.8 Å². The summed E-state index contributed by atoms with van der Waals surface area (Å²) in [5.41, 5.74) is 0.630. The van der Waals surface area contributed by atoms with E-state index in [1.54, 1.807) is 26.2 Å². The first-order chi connectivity index (χ1) is 9.98. The Morgan fingerprint density at radius 2 is 1.67 bits per heavy atom. The maximum atomic E-state index is 11.9. The monoisotopic (exact) mass is 290 g/mol. The maximum Gasteiger partial charge on any atom is 0.264 e. The summed E-state index contributed by atoms with van der Waals surface area (Å²) in [5.74, 6) is 0.997. The van der Waals surface area contributed by atoms with Crippen molar-refractivity contribution in [1.29, 1.82) is 5.26 Å². The largest absolute Gasteiger partial charge is 0.493 e. The molecule has 0 bridgehead atoms. The van der Waals surface area contributed by atoms with Crippen LogP contribution >= 0.6 is 0 Å². The highest BCUT2D eigenvalue weighted by atomic mass is 16.5. The molecule has 0 aliphatic rings. The number of methoxy groups -OCH3 is 3. The van der Waals surface area contributed by atoms with Gasteiger partial charge in [0.2, 0.25) is 5.75 Å². The van der Waals surface area contributed by atoms with Crippen molar-refractivity contribution >= 4 is 12.0 Å². The molecule has 0 unspecified atom stereocenters. The van der Waals surface area contributed by atoms with Gasteiger partial charge in [-0.25, -0.2) is 0 Å². The number of hydrogen-bond acceptors (Lipinski definition) is 5. The molecule has 0 aliphatic carbocycles. The van der Waals surface area contributed by atoms with E-state index in [0.29, 0.717) is 22.8 Å². The van der Waals surface area contributed by atoms with Gasteiger partial charge in [0.05, 0.1) is 21.3 Å². The van der Waals surface area contributed by atoms with Crippen molar-refractivity contribution in [2.45, 2.75) is 0 Å². The number of amides is 1. The highest BCUT2D eigenvalue weighted by Crippen LogP contribution is 2.38. The quantitative estimate of drug-likeness (QED) is 0.610. The van der Waals surface area contributed by atoms with Crippen LogP contribution in [-0.4, -0.2) is 46.2 Å². The molecule has 0 fully saturated rings. The van der Waals surface area contributed by atoms with Gasteiger partial charge in [-0.3, -0.25) is 4.79 Å². The predicted octanol–water partition coefficient (Wildman–Crippen LogP) is 1.71. The molecular weight excluding hydrogens is 272 g/mol. The lowest BCUT2D eigenvalue weighted by atomic mass is 10.1. The number of hydrogen-bond donors (Lipinski definition) is 0. The van der Waals surface area contributed by atoms with E-state index >= 15 is 0 Å². The van der Waals surface area contributed by atoms with Crippen LogP contribution in [0.2, 0.25) is 0 Å². The van der Waals surface area contributed by atoms with E-state index in [0.717, 1.165) is 0 Å². The molecule has 0 N–H and O–H groups in total. The van der Waals surface area contributed by atoms with Gasteiger partial charge in [0.25, 0.3) is 5.91 Å². The molecule has 0 aliphatic heterocycles. The normalized spacial score (nSPS) is 10.6. The van der Waals surface area contributed by atoms with Crippen molar-refractivity contribution in [2.75, 3.05) is 35.4 Å². The zero-order chi connectivity index (χ0) is 16.0. The second-order valence-electron chi connectivity index (χ2n) is 4.33. The number of rotatable bonds is 5. The molecule has 0 saturated heterocycles. The molecule has 1 aromatic carbocycles. The highest BCUT2D eigenvalue weighted by Gasteiger charge is 2.15. The summed E-state index contributed by atoms with van der Waals surface area (Å²) < 4.78 is 15.7. The van der Waals surface area contributed by atoms with Gasteiger partial charge in [0.15, 0.2) is 11.5 Å². The number of nitriles is 1. The van der Waals surface area contributed by atoms with Crippen LogP contribution in [0.1, 0.15) is 5.56 Å². The van der Waals surface area contributed by atoms with Gasteiger partial charge < -0.3 is 19.1 Å². The van der Waals surface area contributed by atoms with Crippen molar-refractivity contribution < 1.29 is 19.0 Å². The smallest absolute Gasteiger partial charge is 0.264 e. The van der Waals surface area contributed by atoms with E-state index in [2.05, 4.69) is 0 Å². The molecule has 21 heavy (non-hydrogen) atoms. The van der Waals surface area contributed by atoms with E-state index in [9.17, 15) is 4.79 Å². The van der Waals surface area contributed by atoms with Gasteiger partial charge in [-0.1, -0.05) is 0 Å². The van der Waals surface area contributed by atoms with Crippen molar-refractivity contribution in [1.82, 2.24) is 4.90 Å². The topological polar surface area (TPSA) is 71.8 Å². The first kappa shape index (κ1) is 16.4. The zero-order valence-corrected chi connectivity index (χ0v) is 12.8. The summed E-state index contributed by atoms with van der Waals surface area (Å²) in [7, 11) is 7.68. The lowest BCUT2D eigenvalue weighted by Gasteiger charge is -2.13. The van der Waals surface area contributed by atoms with Gasteiger partial charge in [0, 0.05) is 14.1 Å². The van der Waals surface area contributed by atoms with Crippen molar-refractivity contribution in [3.8, 4) is 23.3 Å². The maximum absolute atomic E-state index is 11.9. The Morgan fingerprint density at radius 1 is 1.14 bits per heavy atom. The van der Waals surface area contributed by atoms with E-state index in [1.165, 1.54) is 32.3 Å². The number of benzene rings is 1. The summed E-state index contributed by atoms with van der Waals surface area (Å²) in [6.45, 7) is 0. The molecule has 0 heterocycles. The molecule has 1 aromatic rings. The minimum atomic E-state index is -0.369.